The van der Waals surface area contributed by atoms with Crippen molar-refractivity contribution < 1.29 is 4.79 Å². The van der Waals surface area contributed by atoms with Crippen LogP contribution in [-0.2, 0) is 6.54 Å². The Kier molecular flexibility index (Phi) is 5.75. The van der Waals surface area contributed by atoms with Gasteiger partial charge in [-0.2, -0.15) is 11.8 Å². The van der Waals surface area contributed by atoms with Crippen molar-refractivity contribution in [3.63, 3.8) is 0 Å². The summed E-state index contributed by atoms with van der Waals surface area (Å²) in [7, 11) is 2.04. The third kappa shape index (κ3) is 4.09. The quantitative estimate of drug-likeness (QED) is 0.444. The number of carbonyl (C=O) groups excluding carboxylic acids is 1. The molecule has 0 radical (unpaired) electrons. The number of hydrogen-bond donors (Lipinski definition) is 2. The minimum atomic E-state index is -0.331. The Labute approximate surface area is 103 Å². The van der Waals surface area contributed by atoms with Gasteiger partial charge in [0.25, 0.3) is 5.91 Å². The SMILES string of the molecule is CSCCN(C)Cc1csc(C(=O)NN)n1. The normalized spacial score (nSPS) is 10.8. The van der Waals surface area contributed by atoms with Crippen LogP contribution in [0.1, 0.15) is 15.5 Å². The molecule has 1 aromatic rings. The monoisotopic (exact) mass is 260 g/mol. The van der Waals surface area contributed by atoms with Crippen molar-refractivity contribution in [3.8, 4) is 0 Å². The molecule has 0 fully saturated rings. The van der Waals surface area contributed by atoms with Gasteiger partial charge in [0.05, 0.1) is 5.69 Å². The Morgan fingerprint density at radius 3 is 3.12 bits per heavy atom. The molecule has 0 saturated heterocycles. The maximum absolute atomic E-state index is 11.2. The lowest BCUT2D eigenvalue weighted by atomic mass is 10.4. The Hall–Kier alpha value is -0.630. The van der Waals surface area contributed by atoms with Crippen molar-refractivity contribution in [2.45, 2.75) is 6.54 Å². The second kappa shape index (κ2) is 6.85. The van der Waals surface area contributed by atoms with Crippen molar-refractivity contribution in [1.82, 2.24) is 15.3 Å². The molecule has 7 heteroatoms. The van der Waals surface area contributed by atoms with E-state index in [-0.39, 0.29) is 5.91 Å². The highest BCUT2D eigenvalue weighted by Gasteiger charge is 2.10. The lowest BCUT2D eigenvalue weighted by Gasteiger charge is -2.13. The lowest BCUT2D eigenvalue weighted by Crippen LogP contribution is -2.30. The van der Waals surface area contributed by atoms with Crippen LogP contribution < -0.4 is 11.3 Å². The number of hydrogen-bond acceptors (Lipinski definition) is 6. The summed E-state index contributed by atoms with van der Waals surface area (Å²) in [6.45, 7) is 1.77. The minimum absolute atomic E-state index is 0.331. The molecule has 0 spiro atoms. The molecule has 0 atom stereocenters. The second-order valence-corrected chi connectivity index (χ2v) is 5.19. The molecule has 5 nitrogen and oxygen atoms in total. The molecular weight excluding hydrogens is 244 g/mol. The standard InChI is InChI=1S/C9H16N4OS2/c1-13(3-4-15-2)5-7-6-16-9(11-7)8(14)12-10/h6H,3-5,10H2,1-2H3,(H,12,14). The van der Waals surface area contributed by atoms with E-state index >= 15 is 0 Å². The number of nitrogens with one attached hydrogen (secondary N) is 1. The molecule has 0 bridgehead atoms. The summed E-state index contributed by atoms with van der Waals surface area (Å²) >= 11 is 3.13. The van der Waals surface area contributed by atoms with E-state index in [1.54, 1.807) is 0 Å². The number of thioether (sulfide) groups is 1. The fraction of sp³-hybridized carbons (Fsp3) is 0.556. The largest absolute Gasteiger partial charge is 0.300 e. The van der Waals surface area contributed by atoms with E-state index in [1.807, 2.05) is 24.2 Å². The van der Waals surface area contributed by atoms with E-state index in [2.05, 4.69) is 21.6 Å². The van der Waals surface area contributed by atoms with Crippen molar-refractivity contribution in [3.05, 3.63) is 16.1 Å². The Morgan fingerprint density at radius 2 is 2.50 bits per heavy atom. The molecule has 0 aliphatic rings. The van der Waals surface area contributed by atoms with E-state index in [0.717, 1.165) is 24.5 Å². The van der Waals surface area contributed by atoms with Gasteiger partial charge in [0.2, 0.25) is 0 Å². The molecule has 3 N–H and O–H groups in total. The van der Waals surface area contributed by atoms with E-state index in [9.17, 15) is 4.79 Å². The molecule has 1 aromatic heterocycles. The van der Waals surface area contributed by atoms with Crippen LogP contribution in [0, 0.1) is 0 Å². The fourth-order valence-electron chi connectivity index (χ4n) is 1.15. The first-order valence-electron chi connectivity index (χ1n) is 4.80. The number of amides is 1. The number of thiazole rings is 1. The molecule has 1 amide bonds. The molecule has 16 heavy (non-hydrogen) atoms. The van der Waals surface area contributed by atoms with Crippen LogP contribution in [0.25, 0.3) is 0 Å². The highest BCUT2D eigenvalue weighted by atomic mass is 32.2. The number of nitrogens with zero attached hydrogens (tertiary/aromatic N) is 2. The molecule has 0 unspecified atom stereocenters. The van der Waals surface area contributed by atoms with Gasteiger partial charge in [0.15, 0.2) is 5.01 Å². The molecule has 1 rings (SSSR count). The van der Waals surface area contributed by atoms with Gasteiger partial charge < -0.3 is 0 Å². The summed E-state index contributed by atoms with van der Waals surface area (Å²) in [5, 5.41) is 2.30. The first-order chi connectivity index (χ1) is 7.67. The third-order valence-electron chi connectivity index (χ3n) is 1.99. The van der Waals surface area contributed by atoms with Crippen LogP contribution in [0.4, 0.5) is 0 Å². The first-order valence-corrected chi connectivity index (χ1v) is 7.07. The van der Waals surface area contributed by atoms with Gasteiger partial charge in [-0.25, -0.2) is 10.8 Å². The summed E-state index contributed by atoms with van der Waals surface area (Å²) < 4.78 is 0. The van der Waals surface area contributed by atoms with Gasteiger partial charge in [-0.05, 0) is 13.3 Å². The summed E-state index contributed by atoms with van der Waals surface area (Å²) in [6.07, 6.45) is 2.08. The van der Waals surface area contributed by atoms with Crippen LogP contribution >= 0.6 is 23.1 Å². The van der Waals surface area contributed by atoms with Gasteiger partial charge in [-0.1, -0.05) is 0 Å². The van der Waals surface area contributed by atoms with Crippen molar-refractivity contribution in [2.24, 2.45) is 5.84 Å². The minimum Gasteiger partial charge on any atom is -0.300 e. The number of rotatable bonds is 6. The summed E-state index contributed by atoms with van der Waals surface area (Å²) in [6, 6.07) is 0. The molecular formula is C9H16N4OS2. The second-order valence-electron chi connectivity index (χ2n) is 3.35. The van der Waals surface area contributed by atoms with Crippen LogP contribution in [0.2, 0.25) is 0 Å². The maximum Gasteiger partial charge on any atom is 0.294 e. The topological polar surface area (TPSA) is 71.2 Å². The van der Waals surface area contributed by atoms with Crippen molar-refractivity contribution in [2.75, 3.05) is 25.6 Å². The van der Waals surface area contributed by atoms with E-state index in [4.69, 9.17) is 5.84 Å². The maximum atomic E-state index is 11.2. The van der Waals surface area contributed by atoms with E-state index in [1.165, 1.54) is 11.3 Å². The number of nitrogens with two attached hydrogens (primary N) is 1. The van der Waals surface area contributed by atoms with E-state index in [0.29, 0.717) is 5.01 Å². The van der Waals surface area contributed by atoms with Crippen LogP contribution in [-0.4, -0.2) is 41.4 Å². The fourth-order valence-corrected chi connectivity index (χ4v) is 2.35. The zero-order valence-electron chi connectivity index (χ0n) is 9.40. The van der Waals surface area contributed by atoms with Crippen molar-refractivity contribution >= 4 is 29.0 Å². The number of aromatic nitrogens is 1. The average molecular weight is 260 g/mol. The van der Waals surface area contributed by atoms with Crippen LogP contribution in [0.3, 0.4) is 0 Å². The Bertz CT molecular complexity index is 342. The smallest absolute Gasteiger partial charge is 0.294 e. The molecule has 0 aliphatic heterocycles. The van der Waals surface area contributed by atoms with Gasteiger partial charge in [0, 0.05) is 24.2 Å². The predicted molar refractivity (Wildman–Crippen MR) is 68.5 cm³/mol. The number of carbonyl (C=O) groups is 1. The molecule has 0 aliphatic carbocycles. The van der Waals surface area contributed by atoms with Gasteiger partial charge in [-0.15, -0.1) is 11.3 Å². The average Bonchev–Trinajstić information content (AvgIpc) is 2.73. The van der Waals surface area contributed by atoms with E-state index < -0.39 is 0 Å². The molecule has 0 saturated carbocycles. The van der Waals surface area contributed by atoms with Gasteiger partial charge >= 0.3 is 0 Å². The summed E-state index contributed by atoms with van der Waals surface area (Å²) in [5.74, 6) is 5.80. The Morgan fingerprint density at radius 1 is 1.75 bits per heavy atom. The number of nitrogen functional groups attached to an aromatic ring is 1. The molecule has 0 aromatic carbocycles. The third-order valence-corrected chi connectivity index (χ3v) is 3.47. The van der Waals surface area contributed by atoms with Crippen LogP contribution in [0.15, 0.2) is 5.38 Å². The number of hydrazine groups is 1. The molecule has 90 valence electrons. The summed E-state index contributed by atoms with van der Waals surface area (Å²) in [5.41, 5.74) is 2.98. The highest BCUT2D eigenvalue weighted by molar-refractivity contribution is 7.98. The van der Waals surface area contributed by atoms with Crippen molar-refractivity contribution in [1.29, 1.82) is 0 Å². The van der Waals surface area contributed by atoms with Gasteiger partial charge in [-0.3, -0.25) is 15.1 Å². The van der Waals surface area contributed by atoms with Gasteiger partial charge in [0.1, 0.15) is 0 Å². The molecule has 1 heterocycles. The Balaban J connectivity index is 2.48. The zero-order valence-corrected chi connectivity index (χ0v) is 11.0. The zero-order chi connectivity index (χ0) is 12.0. The van der Waals surface area contributed by atoms with Crippen LogP contribution in [0.5, 0.6) is 0 Å². The highest BCUT2D eigenvalue weighted by Crippen LogP contribution is 2.11. The predicted octanol–water partition coefficient (Wildman–Crippen LogP) is 0.541. The summed E-state index contributed by atoms with van der Waals surface area (Å²) in [4.78, 5) is 17.6. The lowest BCUT2D eigenvalue weighted by molar-refractivity contribution is 0.0953. The first kappa shape index (κ1) is 13.4.